The maximum absolute atomic E-state index is 11.8. The molecule has 2 amide bonds. The average Bonchev–Trinajstić information content (AvgIpc) is 2.66. The van der Waals surface area contributed by atoms with Crippen LogP contribution >= 0.6 is 0 Å². The van der Waals surface area contributed by atoms with Gasteiger partial charge in [0.25, 0.3) is 0 Å². The minimum Gasteiger partial charge on any atom is -0.379 e. The first-order chi connectivity index (χ1) is 12.3. The van der Waals surface area contributed by atoms with Crippen molar-refractivity contribution in [2.45, 2.75) is 26.2 Å². The van der Waals surface area contributed by atoms with E-state index in [2.05, 4.69) is 32.3 Å². The van der Waals surface area contributed by atoms with Gasteiger partial charge in [-0.3, -0.25) is 4.90 Å². The summed E-state index contributed by atoms with van der Waals surface area (Å²) >= 11 is 0. The van der Waals surface area contributed by atoms with Crippen molar-refractivity contribution in [2.24, 2.45) is 0 Å². The molecule has 7 nitrogen and oxygen atoms in total. The monoisotopic (exact) mass is 355 g/mol. The van der Waals surface area contributed by atoms with Gasteiger partial charge in [0.15, 0.2) is 0 Å². The van der Waals surface area contributed by atoms with Crippen LogP contribution in [-0.4, -0.2) is 106 Å². The van der Waals surface area contributed by atoms with Crippen molar-refractivity contribution in [1.29, 1.82) is 0 Å². The first-order valence-corrected chi connectivity index (χ1v) is 10.0. The van der Waals surface area contributed by atoms with E-state index in [1.807, 2.05) is 0 Å². The average molecular weight is 356 g/mol. The Morgan fingerprint density at radius 3 is 2.04 bits per heavy atom. The molecule has 2 fully saturated rings. The number of nitrogens with one attached hydrogen (secondary N) is 2. The molecule has 0 atom stereocenters. The second-order valence-corrected chi connectivity index (χ2v) is 6.97. The summed E-state index contributed by atoms with van der Waals surface area (Å²) in [6, 6.07) is -0.0291. The molecule has 0 saturated carbocycles. The fourth-order valence-electron chi connectivity index (χ4n) is 3.38. The van der Waals surface area contributed by atoms with E-state index in [9.17, 15) is 4.79 Å². The summed E-state index contributed by atoms with van der Waals surface area (Å²) in [7, 11) is 0. The summed E-state index contributed by atoms with van der Waals surface area (Å²) in [5.74, 6) is 0. The number of amides is 2. The minimum atomic E-state index is -0.0291. The molecule has 0 aliphatic carbocycles. The maximum atomic E-state index is 11.8. The van der Waals surface area contributed by atoms with Crippen molar-refractivity contribution in [3.05, 3.63) is 0 Å². The Hall–Kier alpha value is -0.890. The molecule has 2 aliphatic rings. The van der Waals surface area contributed by atoms with Gasteiger partial charge >= 0.3 is 6.03 Å². The van der Waals surface area contributed by atoms with Crippen molar-refractivity contribution in [2.75, 3.05) is 85.2 Å². The van der Waals surface area contributed by atoms with E-state index in [1.54, 1.807) is 0 Å². The summed E-state index contributed by atoms with van der Waals surface area (Å²) < 4.78 is 5.33. The highest BCUT2D eigenvalue weighted by molar-refractivity contribution is 5.73. The van der Waals surface area contributed by atoms with E-state index in [0.29, 0.717) is 0 Å². The van der Waals surface area contributed by atoms with Crippen LogP contribution in [0, 0.1) is 0 Å². The number of ether oxygens (including phenoxy) is 1. The predicted octanol–water partition coefficient (Wildman–Crippen LogP) is 0.426. The zero-order chi connectivity index (χ0) is 17.7. The van der Waals surface area contributed by atoms with Gasteiger partial charge < -0.3 is 25.2 Å². The molecule has 0 aromatic carbocycles. The minimum absolute atomic E-state index is 0.0291. The molecule has 2 rings (SSSR count). The number of nitrogens with zero attached hydrogens (tertiary/aromatic N) is 3. The van der Waals surface area contributed by atoms with Gasteiger partial charge in [0.1, 0.15) is 0 Å². The number of carbonyl (C=O) groups excluding carboxylic acids is 1. The Morgan fingerprint density at radius 2 is 1.36 bits per heavy atom. The van der Waals surface area contributed by atoms with E-state index in [4.69, 9.17) is 4.74 Å². The van der Waals surface area contributed by atoms with Gasteiger partial charge in [0, 0.05) is 52.4 Å². The van der Waals surface area contributed by atoms with Crippen LogP contribution in [0.4, 0.5) is 4.79 Å². The highest BCUT2D eigenvalue weighted by Gasteiger charge is 2.14. The van der Waals surface area contributed by atoms with Gasteiger partial charge in [-0.15, -0.1) is 0 Å². The number of unbranched alkanes of at least 4 members (excludes halogenated alkanes) is 1. The maximum Gasteiger partial charge on any atom is 0.314 e. The third-order valence-electron chi connectivity index (χ3n) is 5.14. The lowest BCUT2D eigenvalue weighted by molar-refractivity contribution is 0.0375. The van der Waals surface area contributed by atoms with Gasteiger partial charge in [-0.1, -0.05) is 6.92 Å². The zero-order valence-corrected chi connectivity index (χ0v) is 16.0. The predicted molar refractivity (Wildman–Crippen MR) is 101 cm³/mol. The van der Waals surface area contributed by atoms with Gasteiger partial charge in [-0.25, -0.2) is 4.79 Å². The van der Waals surface area contributed by atoms with Crippen LogP contribution in [0.5, 0.6) is 0 Å². The number of carbonyl (C=O) groups is 1. The van der Waals surface area contributed by atoms with Crippen LogP contribution in [-0.2, 0) is 4.74 Å². The normalized spacial score (nSPS) is 20.5. The Kier molecular flexibility index (Phi) is 10.2. The molecule has 7 heteroatoms. The largest absolute Gasteiger partial charge is 0.379 e. The van der Waals surface area contributed by atoms with Crippen molar-refractivity contribution in [1.82, 2.24) is 25.3 Å². The van der Waals surface area contributed by atoms with Crippen LogP contribution < -0.4 is 10.6 Å². The van der Waals surface area contributed by atoms with Crippen LogP contribution in [0.25, 0.3) is 0 Å². The molecule has 146 valence electrons. The highest BCUT2D eigenvalue weighted by atomic mass is 16.5. The van der Waals surface area contributed by atoms with Crippen LogP contribution in [0.2, 0.25) is 0 Å². The fourth-order valence-corrected chi connectivity index (χ4v) is 3.38. The summed E-state index contributed by atoms with van der Waals surface area (Å²) in [5.41, 5.74) is 0. The van der Waals surface area contributed by atoms with Crippen molar-refractivity contribution in [3.8, 4) is 0 Å². The molecule has 2 saturated heterocycles. The number of hydrogen-bond donors (Lipinski definition) is 2. The van der Waals surface area contributed by atoms with Crippen LogP contribution in [0.15, 0.2) is 0 Å². The van der Waals surface area contributed by atoms with Gasteiger partial charge in [-0.2, -0.15) is 0 Å². The molecule has 25 heavy (non-hydrogen) atoms. The van der Waals surface area contributed by atoms with E-state index in [0.717, 1.165) is 71.7 Å². The molecule has 0 bridgehead atoms. The quantitative estimate of drug-likeness (QED) is 0.557. The molecule has 0 unspecified atom stereocenters. The van der Waals surface area contributed by atoms with Crippen molar-refractivity contribution in [3.63, 3.8) is 0 Å². The first-order valence-electron chi connectivity index (χ1n) is 10.0. The molecule has 2 heterocycles. The van der Waals surface area contributed by atoms with Gasteiger partial charge in [0.2, 0.25) is 0 Å². The fraction of sp³-hybridized carbons (Fsp3) is 0.944. The Labute approximate surface area is 153 Å². The van der Waals surface area contributed by atoms with Crippen molar-refractivity contribution >= 4 is 6.03 Å². The van der Waals surface area contributed by atoms with E-state index in [1.165, 1.54) is 32.7 Å². The third-order valence-corrected chi connectivity index (χ3v) is 5.14. The zero-order valence-electron chi connectivity index (χ0n) is 16.0. The summed E-state index contributed by atoms with van der Waals surface area (Å²) in [5, 5.41) is 5.91. The lowest BCUT2D eigenvalue weighted by atomic mass is 10.2. The molecule has 2 aliphatic heterocycles. The number of rotatable bonds is 10. The number of piperazine rings is 1. The van der Waals surface area contributed by atoms with Gasteiger partial charge in [-0.05, 0) is 38.9 Å². The van der Waals surface area contributed by atoms with E-state index < -0.39 is 0 Å². The second-order valence-electron chi connectivity index (χ2n) is 6.97. The van der Waals surface area contributed by atoms with E-state index in [-0.39, 0.29) is 6.03 Å². The Morgan fingerprint density at radius 1 is 0.800 bits per heavy atom. The summed E-state index contributed by atoms with van der Waals surface area (Å²) in [6.07, 6.45) is 3.20. The second kappa shape index (κ2) is 12.5. The summed E-state index contributed by atoms with van der Waals surface area (Å²) in [6.45, 7) is 15.6. The standard InChI is InChI=1S/C18H37N5O2/c1-2-21-10-12-22(13-11-21)8-4-3-6-19-18(24)20-7-5-9-23-14-16-25-17-15-23/h2-17H2,1H3,(H2,19,20,24). The summed E-state index contributed by atoms with van der Waals surface area (Å²) in [4.78, 5) is 19.2. The Balaban J connectivity index is 1.37. The molecule has 2 N–H and O–H groups in total. The molecule has 0 aromatic rings. The highest BCUT2D eigenvalue weighted by Crippen LogP contribution is 2.02. The van der Waals surface area contributed by atoms with E-state index >= 15 is 0 Å². The lowest BCUT2D eigenvalue weighted by Crippen LogP contribution is -2.46. The van der Waals surface area contributed by atoms with Crippen LogP contribution in [0.3, 0.4) is 0 Å². The SMILES string of the molecule is CCN1CCN(CCCCNC(=O)NCCCN2CCOCC2)CC1. The molecule has 0 radical (unpaired) electrons. The topological polar surface area (TPSA) is 60.1 Å². The first kappa shape index (κ1) is 20.4. The smallest absolute Gasteiger partial charge is 0.314 e. The number of likely N-dealkylation sites (N-methyl/N-ethyl adjacent to an activating group) is 1. The number of morpholine rings is 1. The third kappa shape index (κ3) is 8.85. The molecule has 0 spiro atoms. The lowest BCUT2D eigenvalue weighted by Gasteiger charge is -2.33. The molecular formula is C18H37N5O2. The van der Waals surface area contributed by atoms with Crippen LogP contribution in [0.1, 0.15) is 26.2 Å². The van der Waals surface area contributed by atoms with Crippen molar-refractivity contribution < 1.29 is 9.53 Å². The molecular weight excluding hydrogens is 318 g/mol. The Bertz CT molecular complexity index is 355. The number of hydrogen-bond acceptors (Lipinski definition) is 5. The van der Waals surface area contributed by atoms with Gasteiger partial charge in [0.05, 0.1) is 13.2 Å². The number of urea groups is 1. The molecule has 0 aromatic heterocycles.